The second kappa shape index (κ2) is 7.31. The van der Waals surface area contributed by atoms with Gasteiger partial charge in [-0.2, -0.15) is 0 Å². The highest BCUT2D eigenvalue weighted by Crippen LogP contribution is 2.37. The summed E-state index contributed by atoms with van der Waals surface area (Å²) in [6, 6.07) is 1.39. The van der Waals surface area contributed by atoms with Gasteiger partial charge in [-0.25, -0.2) is 18.6 Å². The summed E-state index contributed by atoms with van der Waals surface area (Å²) in [6.07, 6.45) is 1.19. The van der Waals surface area contributed by atoms with Gasteiger partial charge in [0.25, 0.3) is 0 Å². The highest BCUT2D eigenvalue weighted by Gasteiger charge is 2.29. The molecule has 0 saturated heterocycles. The number of amides is 1. The van der Waals surface area contributed by atoms with E-state index in [0.29, 0.717) is 6.29 Å². The van der Waals surface area contributed by atoms with Crippen molar-refractivity contribution in [2.24, 2.45) is 0 Å². The first-order chi connectivity index (χ1) is 11.6. The number of ether oxygens (including phenoxy) is 1. The van der Waals surface area contributed by atoms with E-state index < -0.39 is 29.6 Å². The number of aromatic nitrogens is 1. The molecule has 0 saturated carbocycles. The minimum Gasteiger partial charge on any atom is -0.444 e. The molecule has 1 amide bonds. The number of pyridine rings is 1. The molecule has 1 aromatic rings. The third-order valence-corrected chi connectivity index (χ3v) is 3.63. The molecule has 1 aliphatic rings. The first-order valence-electron chi connectivity index (χ1n) is 7.45. The summed E-state index contributed by atoms with van der Waals surface area (Å²) in [6.45, 7) is 5.03. The van der Waals surface area contributed by atoms with Gasteiger partial charge in [-0.1, -0.05) is 11.6 Å². The molecule has 0 aliphatic heterocycles. The number of nitrogens with one attached hydrogen (secondary N) is 1. The number of aldehydes is 1. The second-order valence-electron chi connectivity index (χ2n) is 6.41. The Morgan fingerprint density at radius 2 is 2.08 bits per heavy atom. The van der Waals surface area contributed by atoms with Crippen LogP contribution in [-0.4, -0.2) is 29.1 Å². The smallest absolute Gasteiger partial charge is 0.413 e. The zero-order valence-corrected chi connectivity index (χ0v) is 14.6. The molecular weight excluding hydrogens is 354 g/mol. The van der Waals surface area contributed by atoms with Crippen LogP contribution < -0.4 is 5.32 Å². The predicted molar refractivity (Wildman–Crippen MR) is 90.2 cm³/mol. The van der Waals surface area contributed by atoms with Gasteiger partial charge in [0, 0.05) is 12.1 Å². The normalized spacial score (nSPS) is 20.4. The van der Waals surface area contributed by atoms with Crippen LogP contribution in [0.5, 0.6) is 0 Å². The largest absolute Gasteiger partial charge is 0.444 e. The highest BCUT2D eigenvalue weighted by atomic mass is 35.5. The van der Waals surface area contributed by atoms with Crippen LogP contribution >= 0.6 is 11.6 Å². The van der Waals surface area contributed by atoms with Crippen LogP contribution in [0.2, 0.25) is 0 Å². The summed E-state index contributed by atoms with van der Waals surface area (Å²) in [5, 5.41) is 2.03. The van der Waals surface area contributed by atoms with Crippen LogP contribution in [0.3, 0.4) is 0 Å². The summed E-state index contributed by atoms with van der Waals surface area (Å²) in [5.74, 6) is -1.94. The number of carbonyl (C=O) groups is 2. The SMILES string of the molecule is CC(C)(C)OC(=O)Nc1nccc(C2C=C(F)C(Cl)=CC2F)c1C=O. The molecule has 25 heavy (non-hydrogen) atoms. The minimum atomic E-state index is -1.62. The van der Waals surface area contributed by atoms with Crippen molar-refractivity contribution >= 4 is 29.8 Å². The number of halogens is 3. The van der Waals surface area contributed by atoms with E-state index in [2.05, 4.69) is 10.3 Å². The average Bonchev–Trinajstić information content (AvgIpc) is 2.48. The molecule has 0 radical (unpaired) electrons. The maximum Gasteiger partial charge on any atom is 0.413 e. The molecule has 1 aromatic heterocycles. The highest BCUT2D eigenvalue weighted by molar-refractivity contribution is 6.31. The van der Waals surface area contributed by atoms with E-state index in [9.17, 15) is 18.4 Å². The third kappa shape index (κ3) is 4.63. The lowest BCUT2D eigenvalue weighted by Gasteiger charge is -2.23. The molecule has 5 nitrogen and oxygen atoms in total. The molecule has 2 atom stereocenters. The molecule has 0 spiro atoms. The van der Waals surface area contributed by atoms with Crippen molar-refractivity contribution in [2.75, 3.05) is 5.32 Å². The summed E-state index contributed by atoms with van der Waals surface area (Å²) < 4.78 is 33.1. The first-order valence-corrected chi connectivity index (χ1v) is 7.83. The van der Waals surface area contributed by atoms with Crippen LogP contribution in [0.25, 0.3) is 0 Å². The number of anilines is 1. The summed E-state index contributed by atoms with van der Waals surface area (Å²) in [5.41, 5.74) is -0.625. The van der Waals surface area contributed by atoms with E-state index in [-0.39, 0.29) is 22.0 Å². The molecular formula is C17H17ClF2N2O3. The lowest BCUT2D eigenvalue weighted by Crippen LogP contribution is -2.28. The van der Waals surface area contributed by atoms with Gasteiger partial charge in [0.2, 0.25) is 0 Å². The minimum absolute atomic E-state index is 0.0588. The number of hydrogen-bond donors (Lipinski definition) is 1. The van der Waals surface area contributed by atoms with Crippen LogP contribution in [-0.2, 0) is 4.74 Å². The van der Waals surface area contributed by atoms with Gasteiger partial charge in [0.05, 0.1) is 10.6 Å². The maximum atomic E-state index is 14.3. The Kier molecular flexibility index (Phi) is 5.57. The van der Waals surface area contributed by atoms with Crippen LogP contribution in [0, 0.1) is 0 Å². The Morgan fingerprint density at radius 3 is 2.68 bits per heavy atom. The Labute approximate surface area is 148 Å². The maximum absolute atomic E-state index is 14.3. The van der Waals surface area contributed by atoms with Crippen molar-refractivity contribution in [1.29, 1.82) is 0 Å². The molecule has 2 unspecified atom stereocenters. The molecule has 0 bridgehead atoms. The Hall–Kier alpha value is -2.28. The zero-order valence-electron chi connectivity index (χ0n) is 13.8. The fourth-order valence-electron chi connectivity index (χ4n) is 2.32. The van der Waals surface area contributed by atoms with Crippen LogP contribution in [0.4, 0.5) is 19.4 Å². The Balaban J connectivity index is 2.36. The van der Waals surface area contributed by atoms with Crippen molar-refractivity contribution in [2.45, 2.75) is 38.5 Å². The van der Waals surface area contributed by atoms with E-state index in [4.69, 9.17) is 16.3 Å². The molecule has 0 fully saturated rings. The van der Waals surface area contributed by atoms with E-state index in [0.717, 1.165) is 12.2 Å². The number of hydrogen-bond acceptors (Lipinski definition) is 4. The molecule has 134 valence electrons. The quantitative estimate of drug-likeness (QED) is 0.786. The fourth-order valence-corrected chi connectivity index (χ4v) is 2.50. The number of allylic oxidation sites excluding steroid dienone is 4. The second-order valence-corrected chi connectivity index (χ2v) is 6.81. The van der Waals surface area contributed by atoms with Gasteiger partial charge < -0.3 is 4.74 Å². The third-order valence-electron chi connectivity index (χ3n) is 3.32. The van der Waals surface area contributed by atoms with Crippen LogP contribution in [0.1, 0.15) is 42.6 Å². The zero-order chi connectivity index (χ0) is 18.8. The summed E-state index contributed by atoms with van der Waals surface area (Å²) in [4.78, 5) is 27.3. The number of carbonyl (C=O) groups excluding carboxylic acids is 2. The summed E-state index contributed by atoms with van der Waals surface area (Å²) >= 11 is 5.57. The van der Waals surface area contributed by atoms with Gasteiger partial charge in [-0.15, -0.1) is 0 Å². The van der Waals surface area contributed by atoms with Gasteiger partial charge in [-0.3, -0.25) is 10.1 Å². The van der Waals surface area contributed by atoms with Crippen molar-refractivity contribution < 1.29 is 23.1 Å². The van der Waals surface area contributed by atoms with Gasteiger partial charge >= 0.3 is 6.09 Å². The monoisotopic (exact) mass is 370 g/mol. The molecule has 1 aliphatic carbocycles. The molecule has 8 heteroatoms. The van der Waals surface area contributed by atoms with Gasteiger partial charge in [-0.05, 0) is 44.6 Å². The Morgan fingerprint density at radius 1 is 1.40 bits per heavy atom. The standard InChI is InChI=1S/C17H17ClF2N2O3/c1-17(2,3)25-16(24)22-15-11(8-23)9(4-5-21-15)10-6-14(20)12(18)7-13(10)19/h4-8,10,13H,1-3H3,(H,21,22,24). The fraction of sp³-hybridized carbons (Fsp3) is 0.353. The van der Waals surface area contributed by atoms with Crippen LogP contribution in [0.15, 0.2) is 35.3 Å². The first kappa shape index (κ1) is 19.1. The van der Waals surface area contributed by atoms with E-state index in [1.54, 1.807) is 20.8 Å². The van der Waals surface area contributed by atoms with E-state index in [1.165, 1.54) is 12.3 Å². The van der Waals surface area contributed by atoms with E-state index in [1.807, 2.05) is 0 Å². The number of nitrogens with zero attached hydrogens (tertiary/aromatic N) is 1. The predicted octanol–water partition coefficient (Wildman–Crippen LogP) is 4.65. The van der Waals surface area contributed by atoms with Gasteiger partial charge in [0.15, 0.2) is 6.29 Å². The average molecular weight is 371 g/mol. The number of alkyl halides is 1. The molecule has 0 aromatic carbocycles. The summed E-state index contributed by atoms with van der Waals surface area (Å²) in [7, 11) is 0. The van der Waals surface area contributed by atoms with Crippen molar-refractivity contribution in [3.8, 4) is 0 Å². The van der Waals surface area contributed by atoms with Gasteiger partial charge in [0.1, 0.15) is 23.4 Å². The molecule has 2 rings (SSSR count). The number of rotatable bonds is 3. The lowest BCUT2D eigenvalue weighted by atomic mass is 9.88. The van der Waals surface area contributed by atoms with E-state index >= 15 is 0 Å². The Bertz CT molecular complexity index is 757. The van der Waals surface area contributed by atoms with Crippen molar-refractivity contribution in [3.05, 3.63) is 46.4 Å². The van der Waals surface area contributed by atoms with Crippen molar-refractivity contribution in [3.63, 3.8) is 0 Å². The molecule has 1 heterocycles. The molecule has 1 N–H and O–H groups in total. The van der Waals surface area contributed by atoms with Crippen molar-refractivity contribution in [1.82, 2.24) is 4.98 Å². The lowest BCUT2D eigenvalue weighted by molar-refractivity contribution is 0.0635. The topological polar surface area (TPSA) is 68.3 Å².